The second-order valence-electron chi connectivity index (χ2n) is 8.69. The largest absolute Gasteiger partial charge is 0.503 e. The Bertz CT molecular complexity index is 1290. The second kappa shape index (κ2) is 8.67. The minimum Gasteiger partial charge on any atom is -0.503 e. The molecule has 168 valence electrons. The van der Waals surface area contributed by atoms with Gasteiger partial charge in [0.25, 0.3) is 0 Å². The number of allylic oxidation sites excluding steroid dienone is 1. The Balaban J connectivity index is 1.45. The quantitative estimate of drug-likeness (QED) is 0.546. The SMILES string of the molecule is CC1CC=CC(C(O)CC2CC(=O)C(O)=CN2c2cccc(-c3cnc4[nH]ccc4c3)c2)=N1. The minimum atomic E-state index is -0.790. The molecule has 0 bridgehead atoms. The van der Waals surface area contributed by atoms with Crippen LogP contribution in [0.3, 0.4) is 0 Å². The lowest BCUT2D eigenvalue weighted by Crippen LogP contribution is -2.41. The average Bonchev–Trinajstić information content (AvgIpc) is 3.29. The number of nitrogens with zero attached hydrogens (tertiary/aromatic N) is 3. The van der Waals surface area contributed by atoms with Crippen LogP contribution in [0.5, 0.6) is 0 Å². The number of Topliss-reactive ketones (excluding diaryl/α,β-unsaturated/α-hetero) is 1. The molecular weight excluding hydrogens is 416 g/mol. The lowest BCUT2D eigenvalue weighted by atomic mass is 9.94. The Morgan fingerprint density at radius 3 is 2.97 bits per heavy atom. The third kappa shape index (κ3) is 4.32. The van der Waals surface area contributed by atoms with Crippen molar-refractivity contribution in [3.05, 3.63) is 72.9 Å². The van der Waals surface area contributed by atoms with Gasteiger partial charge in [-0.25, -0.2) is 4.98 Å². The highest BCUT2D eigenvalue weighted by atomic mass is 16.3. The Morgan fingerprint density at radius 1 is 1.24 bits per heavy atom. The van der Waals surface area contributed by atoms with E-state index in [1.165, 1.54) is 6.20 Å². The molecule has 7 nitrogen and oxygen atoms in total. The van der Waals surface area contributed by atoms with Crippen LogP contribution in [0.25, 0.3) is 22.2 Å². The molecule has 0 radical (unpaired) electrons. The number of aliphatic hydroxyl groups is 2. The predicted molar refractivity (Wildman–Crippen MR) is 129 cm³/mol. The molecule has 1 aromatic carbocycles. The molecule has 0 fully saturated rings. The van der Waals surface area contributed by atoms with Crippen molar-refractivity contribution in [3.63, 3.8) is 0 Å². The van der Waals surface area contributed by atoms with E-state index in [1.807, 2.05) is 66.7 Å². The first-order valence-electron chi connectivity index (χ1n) is 11.2. The molecule has 4 heterocycles. The van der Waals surface area contributed by atoms with Crippen molar-refractivity contribution in [1.82, 2.24) is 9.97 Å². The number of anilines is 1. The predicted octanol–water partition coefficient (Wildman–Crippen LogP) is 4.32. The number of hydrogen-bond acceptors (Lipinski definition) is 6. The van der Waals surface area contributed by atoms with Gasteiger partial charge >= 0.3 is 0 Å². The van der Waals surface area contributed by atoms with Gasteiger partial charge in [0.15, 0.2) is 5.76 Å². The number of pyridine rings is 1. The lowest BCUT2D eigenvalue weighted by Gasteiger charge is -2.35. The number of nitrogens with one attached hydrogen (secondary N) is 1. The van der Waals surface area contributed by atoms with E-state index in [1.54, 1.807) is 0 Å². The highest BCUT2D eigenvalue weighted by Crippen LogP contribution is 2.31. The van der Waals surface area contributed by atoms with Gasteiger partial charge in [-0.05, 0) is 49.2 Å². The summed E-state index contributed by atoms with van der Waals surface area (Å²) in [4.78, 5) is 26.3. The molecule has 0 saturated carbocycles. The zero-order valence-electron chi connectivity index (χ0n) is 18.3. The van der Waals surface area contributed by atoms with Crippen LogP contribution in [0.4, 0.5) is 5.69 Å². The van der Waals surface area contributed by atoms with E-state index in [0.29, 0.717) is 12.1 Å². The number of rotatable bonds is 5. The van der Waals surface area contributed by atoms with Gasteiger partial charge in [-0.15, -0.1) is 0 Å². The van der Waals surface area contributed by atoms with Crippen LogP contribution in [0.2, 0.25) is 0 Å². The fourth-order valence-corrected chi connectivity index (χ4v) is 4.46. The molecule has 2 aliphatic heterocycles. The first kappa shape index (κ1) is 21.2. The van der Waals surface area contributed by atoms with Crippen LogP contribution in [-0.2, 0) is 4.79 Å². The number of hydrogen-bond donors (Lipinski definition) is 3. The van der Waals surface area contributed by atoms with E-state index < -0.39 is 6.10 Å². The van der Waals surface area contributed by atoms with E-state index in [0.717, 1.165) is 34.3 Å². The molecule has 3 N–H and O–H groups in total. The van der Waals surface area contributed by atoms with E-state index >= 15 is 0 Å². The zero-order valence-corrected chi connectivity index (χ0v) is 18.3. The van der Waals surface area contributed by atoms with Crippen LogP contribution in [0.15, 0.2) is 77.9 Å². The number of dihydropyridines is 1. The fourth-order valence-electron chi connectivity index (χ4n) is 4.46. The molecule has 2 aliphatic rings. The zero-order chi connectivity index (χ0) is 22.9. The molecule has 3 atom stereocenters. The number of fused-ring (bicyclic) bond motifs is 1. The molecule has 0 amide bonds. The van der Waals surface area contributed by atoms with Crippen LogP contribution in [0.1, 0.15) is 26.2 Å². The monoisotopic (exact) mass is 442 g/mol. The van der Waals surface area contributed by atoms with Crippen LogP contribution in [0, 0.1) is 0 Å². The summed E-state index contributed by atoms with van der Waals surface area (Å²) in [5, 5.41) is 22.1. The summed E-state index contributed by atoms with van der Waals surface area (Å²) in [5.41, 5.74) is 4.24. The maximum absolute atomic E-state index is 12.3. The van der Waals surface area contributed by atoms with Crippen LogP contribution in [-0.4, -0.2) is 49.9 Å². The first-order valence-corrected chi connectivity index (χ1v) is 11.2. The number of aromatic amines is 1. The Hall–Kier alpha value is -3.71. The Kier molecular flexibility index (Phi) is 5.56. The van der Waals surface area contributed by atoms with Gasteiger partial charge in [0.05, 0.1) is 24.1 Å². The summed E-state index contributed by atoms with van der Waals surface area (Å²) in [7, 11) is 0. The van der Waals surface area contributed by atoms with Gasteiger partial charge < -0.3 is 20.1 Å². The molecule has 33 heavy (non-hydrogen) atoms. The number of aromatic nitrogens is 2. The van der Waals surface area contributed by atoms with E-state index in [2.05, 4.69) is 21.0 Å². The van der Waals surface area contributed by atoms with Gasteiger partial charge in [-0.3, -0.25) is 9.79 Å². The number of aliphatic imine (C=N–C) groups is 1. The number of carbonyl (C=O) groups excluding carboxylic acids is 1. The average molecular weight is 443 g/mol. The van der Waals surface area contributed by atoms with Crippen molar-refractivity contribution in [2.24, 2.45) is 4.99 Å². The van der Waals surface area contributed by atoms with Crippen molar-refractivity contribution in [2.75, 3.05) is 4.90 Å². The summed E-state index contributed by atoms with van der Waals surface area (Å²) in [6.45, 7) is 2.01. The number of ketones is 1. The third-order valence-corrected chi connectivity index (χ3v) is 6.21. The number of benzene rings is 1. The Labute approximate surface area is 191 Å². The van der Waals surface area contributed by atoms with Gasteiger partial charge in [-0.1, -0.05) is 18.2 Å². The van der Waals surface area contributed by atoms with E-state index in [4.69, 9.17) is 0 Å². The molecule has 3 aromatic rings. The fraction of sp³-hybridized carbons (Fsp3) is 0.269. The van der Waals surface area contributed by atoms with E-state index in [9.17, 15) is 15.0 Å². The van der Waals surface area contributed by atoms with Gasteiger partial charge in [0.1, 0.15) is 5.65 Å². The van der Waals surface area contributed by atoms with Gasteiger partial charge in [0, 0.05) is 47.9 Å². The highest BCUT2D eigenvalue weighted by molar-refractivity contribution is 5.99. The van der Waals surface area contributed by atoms with Crippen LogP contribution >= 0.6 is 0 Å². The molecule has 3 unspecified atom stereocenters. The topological polar surface area (TPSA) is 102 Å². The molecular formula is C26H26N4O3. The molecule has 5 rings (SSSR count). The maximum Gasteiger partial charge on any atom is 0.200 e. The summed E-state index contributed by atoms with van der Waals surface area (Å²) >= 11 is 0. The molecule has 2 aromatic heterocycles. The highest BCUT2D eigenvalue weighted by Gasteiger charge is 2.31. The van der Waals surface area contributed by atoms with Crippen molar-refractivity contribution >= 4 is 28.2 Å². The number of H-pyrrole nitrogens is 1. The molecule has 0 saturated heterocycles. The summed E-state index contributed by atoms with van der Waals surface area (Å²) < 4.78 is 0. The van der Waals surface area contributed by atoms with Crippen molar-refractivity contribution in [3.8, 4) is 11.1 Å². The first-order chi connectivity index (χ1) is 16.0. The molecule has 7 heteroatoms. The van der Waals surface area contributed by atoms with Crippen molar-refractivity contribution in [2.45, 2.75) is 44.4 Å². The van der Waals surface area contributed by atoms with Crippen molar-refractivity contribution < 1.29 is 15.0 Å². The second-order valence-corrected chi connectivity index (χ2v) is 8.69. The molecule has 0 spiro atoms. The van der Waals surface area contributed by atoms with E-state index in [-0.39, 0.29) is 30.0 Å². The lowest BCUT2D eigenvalue weighted by molar-refractivity contribution is -0.118. The van der Waals surface area contributed by atoms with Gasteiger partial charge in [-0.2, -0.15) is 0 Å². The summed E-state index contributed by atoms with van der Waals surface area (Å²) in [5.74, 6) is -0.596. The standard InChI is InChI=1S/C26H26N4O3/c1-16-4-2-7-22(29-16)23(31)12-21-13-24(32)25(33)15-30(21)20-6-3-5-17(11-20)19-10-18-8-9-27-26(18)28-14-19/h2-3,5-11,14-16,21,23,31,33H,4,12-13H2,1H3,(H,27,28). The number of aliphatic hydroxyl groups excluding tert-OH is 2. The third-order valence-electron chi connectivity index (χ3n) is 6.21. The summed E-state index contributed by atoms with van der Waals surface area (Å²) in [6, 6.07) is 11.8. The Morgan fingerprint density at radius 2 is 2.12 bits per heavy atom. The van der Waals surface area contributed by atoms with Crippen LogP contribution < -0.4 is 4.90 Å². The normalized spacial score (nSPS) is 21.8. The summed E-state index contributed by atoms with van der Waals surface area (Å²) in [6.07, 6.45) is 9.54. The van der Waals surface area contributed by atoms with Crippen molar-refractivity contribution in [1.29, 1.82) is 0 Å². The maximum atomic E-state index is 12.3. The van der Waals surface area contributed by atoms with Gasteiger partial charge in [0.2, 0.25) is 5.78 Å². The smallest absolute Gasteiger partial charge is 0.200 e. The minimum absolute atomic E-state index is 0.118. The molecule has 0 aliphatic carbocycles. The number of carbonyl (C=O) groups is 1.